The molecule has 0 amide bonds. The number of aromatic nitrogens is 2. The van der Waals surface area contributed by atoms with Gasteiger partial charge in [-0.3, -0.25) is 0 Å². The monoisotopic (exact) mass is 280 g/mol. The molecule has 3 nitrogen and oxygen atoms in total. The van der Waals surface area contributed by atoms with E-state index in [-0.39, 0.29) is 5.15 Å². The van der Waals surface area contributed by atoms with Crippen LogP contribution in [0.1, 0.15) is 0 Å². The highest BCUT2D eigenvalue weighted by Crippen LogP contribution is 2.34. The summed E-state index contributed by atoms with van der Waals surface area (Å²) >= 11 is 18.6. The highest BCUT2D eigenvalue weighted by atomic mass is 35.5. The summed E-state index contributed by atoms with van der Waals surface area (Å²) in [6.45, 7) is 0. The normalized spacial score (nSPS) is 10.6. The van der Waals surface area contributed by atoms with Crippen LogP contribution in [0.2, 0.25) is 15.2 Å². The van der Waals surface area contributed by atoms with E-state index >= 15 is 0 Å². The van der Waals surface area contributed by atoms with Crippen LogP contribution < -0.4 is 0 Å². The van der Waals surface area contributed by atoms with E-state index in [0.717, 1.165) is 0 Å². The molecule has 0 aromatic carbocycles. The molecule has 0 aliphatic carbocycles. The van der Waals surface area contributed by atoms with E-state index in [4.69, 9.17) is 39.2 Å². The number of rotatable bonds is 2. The van der Waals surface area contributed by atoms with Gasteiger partial charge in [-0.1, -0.05) is 34.8 Å². The van der Waals surface area contributed by atoms with Crippen molar-refractivity contribution in [1.82, 2.24) is 9.97 Å². The van der Waals surface area contributed by atoms with Gasteiger partial charge in [0.25, 0.3) is 5.22 Å². The number of nitrogens with zero attached hydrogens (tertiary/aromatic N) is 2. The number of oxazole rings is 1. The van der Waals surface area contributed by atoms with Crippen molar-refractivity contribution < 1.29 is 4.42 Å². The summed E-state index contributed by atoms with van der Waals surface area (Å²) < 4.78 is 5.04. The molecular formula is C8H3Cl3N2OS. The number of hydrogen-bond donors (Lipinski definition) is 0. The van der Waals surface area contributed by atoms with Crippen LogP contribution in [-0.2, 0) is 0 Å². The summed E-state index contributed by atoms with van der Waals surface area (Å²) in [6, 6.07) is 1.53. The van der Waals surface area contributed by atoms with Crippen LogP contribution in [0.15, 0.2) is 33.2 Å². The first-order valence-electron chi connectivity index (χ1n) is 3.75. The number of hydrogen-bond acceptors (Lipinski definition) is 4. The van der Waals surface area contributed by atoms with Crippen LogP contribution in [0, 0.1) is 0 Å². The van der Waals surface area contributed by atoms with Crippen LogP contribution in [-0.4, -0.2) is 9.97 Å². The molecular weight excluding hydrogens is 279 g/mol. The summed E-state index contributed by atoms with van der Waals surface area (Å²) in [5.41, 5.74) is 0. The Morgan fingerprint density at radius 3 is 2.67 bits per heavy atom. The first-order valence-corrected chi connectivity index (χ1v) is 5.71. The molecule has 0 bridgehead atoms. The van der Waals surface area contributed by atoms with Crippen molar-refractivity contribution in [2.24, 2.45) is 0 Å². The average molecular weight is 282 g/mol. The largest absolute Gasteiger partial charge is 0.440 e. The van der Waals surface area contributed by atoms with Crippen molar-refractivity contribution in [3.8, 4) is 0 Å². The average Bonchev–Trinajstić information content (AvgIpc) is 2.67. The zero-order valence-electron chi connectivity index (χ0n) is 7.08. The lowest BCUT2D eigenvalue weighted by atomic mass is 10.5. The predicted molar refractivity (Wildman–Crippen MR) is 59.9 cm³/mol. The highest BCUT2D eigenvalue weighted by Gasteiger charge is 2.11. The molecule has 2 aromatic rings. The van der Waals surface area contributed by atoms with Crippen LogP contribution in [0.5, 0.6) is 0 Å². The maximum Gasteiger partial charge on any atom is 0.262 e. The van der Waals surface area contributed by atoms with Gasteiger partial charge in [0.1, 0.15) is 16.4 Å². The van der Waals surface area contributed by atoms with Gasteiger partial charge in [-0.05, 0) is 17.8 Å². The third-order valence-corrected chi connectivity index (χ3v) is 3.40. The third kappa shape index (κ3) is 2.58. The SMILES string of the molecule is Clc1cc(Cl)c(Sc2ncco2)nc1Cl. The summed E-state index contributed by atoms with van der Waals surface area (Å²) in [5.74, 6) is 0. The minimum atomic E-state index is 0.204. The smallest absolute Gasteiger partial charge is 0.262 e. The maximum atomic E-state index is 5.92. The Balaban J connectivity index is 2.33. The van der Waals surface area contributed by atoms with Crippen LogP contribution in [0.3, 0.4) is 0 Å². The lowest BCUT2D eigenvalue weighted by Gasteiger charge is -2.01. The molecule has 0 fully saturated rings. The molecule has 78 valence electrons. The van der Waals surface area contributed by atoms with E-state index in [1.54, 1.807) is 0 Å². The van der Waals surface area contributed by atoms with Crippen molar-refractivity contribution in [2.75, 3.05) is 0 Å². The molecule has 0 N–H and O–H groups in total. The van der Waals surface area contributed by atoms with Gasteiger partial charge < -0.3 is 4.42 Å². The molecule has 0 aliphatic heterocycles. The van der Waals surface area contributed by atoms with Crippen LogP contribution in [0.4, 0.5) is 0 Å². The quantitative estimate of drug-likeness (QED) is 0.774. The first kappa shape index (κ1) is 11.1. The Labute approximate surface area is 105 Å². The summed E-state index contributed by atoms with van der Waals surface area (Å²) in [5, 5.41) is 1.89. The summed E-state index contributed by atoms with van der Waals surface area (Å²) in [6.07, 6.45) is 3.00. The van der Waals surface area contributed by atoms with Gasteiger partial charge in [-0.25, -0.2) is 9.97 Å². The molecule has 7 heteroatoms. The molecule has 0 saturated heterocycles. The first-order chi connectivity index (χ1) is 7.16. The van der Waals surface area contributed by atoms with E-state index in [1.807, 2.05) is 0 Å². The molecule has 0 spiro atoms. The highest BCUT2D eigenvalue weighted by molar-refractivity contribution is 7.99. The summed E-state index contributed by atoms with van der Waals surface area (Å²) in [7, 11) is 0. The molecule has 15 heavy (non-hydrogen) atoms. The molecule has 0 saturated carbocycles. The fourth-order valence-electron chi connectivity index (χ4n) is 0.844. The summed E-state index contributed by atoms with van der Waals surface area (Å²) in [4.78, 5) is 7.94. The van der Waals surface area contributed by atoms with E-state index in [1.165, 1.54) is 30.3 Å². The molecule has 2 rings (SSSR count). The Hall–Kier alpha value is -0.420. The van der Waals surface area contributed by atoms with Crippen molar-refractivity contribution in [2.45, 2.75) is 10.2 Å². The lowest BCUT2D eigenvalue weighted by molar-refractivity contribution is 0.454. The second-order valence-electron chi connectivity index (χ2n) is 2.45. The van der Waals surface area contributed by atoms with Gasteiger partial charge in [0, 0.05) is 0 Å². The van der Waals surface area contributed by atoms with Crippen molar-refractivity contribution in [3.63, 3.8) is 0 Å². The minimum Gasteiger partial charge on any atom is -0.440 e. The maximum absolute atomic E-state index is 5.92. The fourth-order valence-corrected chi connectivity index (χ4v) is 2.18. The second kappa shape index (κ2) is 4.61. The van der Waals surface area contributed by atoms with Gasteiger partial charge in [0.05, 0.1) is 16.2 Å². The second-order valence-corrected chi connectivity index (χ2v) is 4.56. The minimum absolute atomic E-state index is 0.204. The standard InChI is InChI=1S/C8H3Cl3N2OS/c9-4-3-5(10)7(13-6(4)11)15-8-12-1-2-14-8/h1-3H. The topological polar surface area (TPSA) is 38.9 Å². The third-order valence-electron chi connectivity index (χ3n) is 1.45. The van der Waals surface area contributed by atoms with E-state index < -0.39 is 0 Å². The van der Waals surface area contributed by atoms with E-state index in [0.29, 0.717) is 20.3 Å². The van der Waals surface area contributed by atoms with Crippen molar-refractivity contribution in [3.05, 3.63) is 33.7 Å². The zero-order valence-corrected chi connectivity index (χ0v) is 10.2. The van der Waals surface area contributed by atoms with Crippen LogP contribution >= 0.6 is 46.6 Å². The Bertz CT molecular complexity index is 475. The Kier molecular flexibility index (Phi) is 3.41. The van der Waals surface area contributed by atoms with Gasteiger partial charge in [0.15, 0.2) is 0 Å². The molecule has 0 unspecified atom stereocenters. The van der Waals surface area contributed by atoms with E-state index in [2.05, 4.69) is 9.97 Å². The zero-order chi connectivity index (χ0) is 10.8. The number of pyridine rings is 1. The molecule has 0 radical (unpaired) electrons. The molecule has 0 aliphatic rings. The van der Waals surface area contributed by atoms with Crippen LogP contribution in [0.25, 0.3) is 0 Å². The van der Waals surface area contributed by atoms with Gasteiger partial charge in [-0.15, -0.1) is 0 Å². The fraction of sp³-hybridized carbons (Fsp3) is 0. The lowest BCUT2D eigenvalue weighted by Crippen LogP contribution is -1.84. The Morgan fingerprint density at radius 2 is 2.00 bits per heavy atom. The van der Waals surface area contributed by atoms with Gasteiger partial charge >= 0.3 is 0 Å². The van der Waals surface area contributed by atoms with Gasteiger partial charge in [0.2, 0.25) is 0 Å². The number of halogens is 3. The molecule has 2 heterocycles. The predicted octanol–water partition coefficient (Wildman–Crippen LogP) is 4.18. The molecule has 0 atom stereocenters. The Morgan fingerprint density at radius 1 is 1.20 bits per heavy atom. The van der Waals surface area contributed by atoms with Gasteiger partial charge in [-0.2, -0.15) is 0 Å². The molecule has 2 aromatic heterocycles. The van der Waals surface area contributed by atoms with Crippen molar-refractivity contribution in [1.29, 1.82) is 0 Å². The van der Waals surface area contributed by atoms with Crippen molar-refractivity contribution >= 4 is 46.6 Å². The van der Waals surface area contributed by atoms with E-state index in [9.17, 15) is 0 Å².